The van der Waals surface area contributed by atoms with E-state index >= 15 is 0 Å². The standard InChI is InChI=1S/C21H39N3O.2ClH/c1-18(20-9-5-10-22-16-20)15-21(25)24-12-6-11-23(13-14-24)17-19-7-3-2-4-8-19;;/h18-20,22H,2-17H2,1H3;2*1H. The lowest BCUT2D eigenvalue weighted by Crippen LogP contribution is -2.39. The largest absolute Gasteiger partial charge is 0.341 e. The van der Waals surface area contributed by atoms with Gasteiger partial charge in [-0.3, -0.25) is 4.79 Å². The van der Waals surface area contributed by atoms with Crippen LogP contribution in [-0.4, -0.2) is 61.5 Å². The van der Waals surface area contributed by atoms with E-state index in [9.17, 15) is 4.79 Å². The van der Waals surface area contributed by atoms with E-state index in [-0.39, 0.29) is 24.8 Å². The number of carbonyl (C=O) groups is 1. The Morgan fingerprint density at radius 2 is 1.74 bits per heavy atom. The molecule has 2 atom stereocenters. The molecule has 27 heavy (non-hydrogen) atoms. The van der Waals surface area contributed by atoms with Crippen LogP contribution in [0.15, 0.2) is 0 Å². The normalized spacial score (nSPS) is 26.4. The van der Waals surface area contributed by atoms with Crippen LogP contribution in [0.4, 0.5) is 0 Å². The number of amides is 1. The van der Waals surface area contributed by atoms with Crippen molar-refractivity contribution in [2.45, 2.75) is 64.7 Å². The summed E-state index contributed by atoms with van der Waals surface area (Å²) < 4.78 is 0. The van der Waals surface area contributed by atoms with E-state index in [2.05, 4.69) is 22.0 Å². The Labute approximate surface area is 179 Å². The molecule has 2 unspecified atom stereocenters. The average Bonchev–Trinajstić information content (AvgIpc) is 2.89. The monoisotopic (exact) mass is 421 g/mol. The van der Waals surface area contributed by atoms with Gasteiger partial charge in [0.2, 0.25) is 5.91 Å². The first kappa shape index (κ1) is 25.0. The summed E-state index contributed by atoms with van der Waals surface area (Å²) in [4.78, 5) is 17.6. The second-order valence-electron chi connectivity index (χ2n) is 8.83. The van der Waals surface area contributed by atoms with E-state index in [1.165, 1.54) is 58.0 Å². The van der Waals surface area contributed by atoms with Gasteiger partial charge in [-0.15, -0.1) is 24.8 Å². The Morgan fingerprint density at radius 1 is 0.963 bits per heavy atom. The third kappa shape index (κ3) is 8.08. The molecule has 4 nitrogen and oxygen atoms in total. The van der Waals surface area contributed by atoms with Gasteiger partial charge < -0.3 is 15.1 Å². The molecule has 2 aliphatic heterocycles. The van der Waals surface area contributed by atoms with Crippen molar-refractivity contribution < 1.29 is 4.79 Å². The van der Waals surface area contributed by atoms with E-state index in [1.54, 1.807) is 0 Å². The number of hydrogen-bond acceptors (Lipinski definition) is 3. The zero-order valence-electron chi connectivity index (χ0n) is 17.2. The first-order chi connectivity index (χ1) is 12.2. The molecule has 3 fully saturated rings. The van der Waals surface area contributed by atoms with Crippen molar-refractivity contribution in [3.8, 4) is 0 Å². The van der Waals surface area contributed by atoms with Crippen LogP contribution < -0.4 is 5.32 Å². The molecule has 3 rings (SSSR count). The molecule has 2 heterocycles. The molecule has 6 heteroatoms. The smallest absolute Gasteiger partial charge is 0.222 e. The molecule has 0 aromatic rings. The number of nitrogens with zero attached hydrogens (tertiary/aromatic N) is 2. The maximum Gasteiger partial charge on any atom is 0.222 e. The Bertz CT molecular complexity index is 412. The molecule has 0 aromatic heterocycles. The fourth-order valence-electron chi connectivity index (χ4n) is 5.07. The first-order valence-electron chi connectivity index (χ1n) is 10.9. The number of carbonyl (C=O) groups excluding carboxylic acids is 1. The van der Waals surface area contributed by atoms with Gasteiger partial charge in [0.25, 0.3) is 0 Å². The van der Waals surface area contributed by atoms with E-state index in [0.717, 1.165) is 51.5 Å². The molecular weight excluding hydrogens is 381 g/mol. The molecule has 1 amide bonds. The van der Waals surface area contributed by atoms with E-state index in [0.29, 0.717) is 17.7 Å². The highest BCUT2D eigenvalue weighted by molar-refractivity contribution is 5.85. The summed E-state index contributed by atoms with van der Waals surface area (Å²) in [6.07, 6.45) is 11.6. The van der Waals surface area contributed by atoms with Gasteiger partial charge in [0.15, 0.2) is 0 Å². The lowest BCUT2D eigenvalue weighted by molar-refractivity contribution is -0.132. The van der Waals surface area contributed by atoms with Gasteiger partial charge in [0, 0.05) is 32.6 Å². The number of hydrogen-bond donors (Lipinski definition) is 1. The van der Waals surface area contributed by atoms with E-state index in [4.69, 9.17) is 0 Å². The fourth-order valence-corrected chi connectivity index (χ4v) is 5.07. The number of nitrogens with one attached hydrogen (secondary N) is 1. The summed E-state index contributed by atoms with van der Waals surface area (Å²) in [5, 5.41) is 3.49. The van der Waals surface area contributed by atoms with Crippen molar-refractivity contribution >= 4 is 30.7 Å². The molecule has 1 saturated carbocycles. The Balaban J connectivity index is 0.00000182. The average molecular weight is 422 g/mol. The minimum Gasteiger partial charge on any atom is -0.341 e. The van der Waals surface area contributed by atoms with Crippen LogP contribution in [-0.2, 0) is 4.79 Å². The summed E-state index contributed by atoms with van der Waals surface area (Å²) in [6.45, 7) is 9.99. The second-order valence-corrected chi connectivity index (χ2v) is 8.83. The van der Waals surface area contributed by atoms with Crippen LogP contribution in [0.5, 0.6) is 0 Å². The van der Waals surface area contributed by atoms with Crippen LogP contribution in [0.2, 0.25) is 0 Å². The molecule has 3 aliphatic rings. The SMILES string of the molecule is CC(CC(=O)N1CCCN(CC2CCCCC2)CC1)C1CCCNC1.Cl.Cl. The Hall–Kier alpha value is -0.0300. The topological polar surface area (TPSA) is 35.6 Å². The minimum absolute atomic E-state index is 0. The van der Waals surface area contributed by atoms with Crippen molar-refractivity contribution in [3.63, 3.8) is 0 Å². The molecule has 0 aromatic carbocycles. The molecule has 0 bridgehead atoms. The summed E-state index contributed by atoms with van der Waals surface area (Å²) in [5.41, 5.74) is 0. The third-order valence-electron chi connectivity index (χ3n) is 6.82. The predicted molar refractivity (Wildman–Crippen MR) is 118 cm³/mol. The van der Waals surface area contributed by atoms with Crippen molar-refractivity contribution in [2.24, 2.45) is 17.8 Å². The third-order valence-corrected chi connectivity index (χ3v) is 6.82. The van der Waals surface area contributed by atoms with Crippen LogP contribution in [0.1, 0.15) is 64.7 Å². The zero-order chi connectivity index (χ0) is 17.5. The van der Waals surface area contributed by atoms with Crippen LogP contribution in [0, 0.1) is 17.8 Å². The molecule has 2 saturated heterocycles. The summed E-state index contributed by atoms with van der Waals surface area (Å²) >= 11 is 0. The molecular formula is C21H41Cl2N3O. The van der Waals surface area contributed by atoms with Gasteiger partial charge in [0.05, 0.1) is 0 Å². The minimum atomic E-state index is 0. The molecule has 1 N–H and O–H groups in total. The zero-order valence-corrected chi connectivity index (χ0v) is 18.8. The van der Waals surface area contributed by atoms with Gasteiger partial charge in [-0.05, 0) is 69.5 Å². The van der Waals surface area contributed by atoms with Crippen molar-refractivity contribution in [1.82, 2.24) is 15.1 Å². The van der Waals surface area contributed by atoms with Crippen LogP contribution in [0.25, 0.3) is 0 Å². The van der Waals surface area contributed by atoms with Crippen molar-refractivity contribution in [1.29, 1.82) is 0 Å². The van der Waals surface area contributed by atoms with E-state index < -0.39 is 0 Å². The molecule has 1 aliphatic carbocycles. The molecule has 0 spiro atoms. The highest BCUT2D eigenvalue weighted by Crippen LogP contribution is 2.25. The Kier molecular flexibility index (Phi) is 12.3. The fraction of sp³-hybridized carbons (Fsp3) is 0.952. The van der Waals surface area contributed by atoms with Gasteiger partial charge in [-0.1, -0.05) is 26.2 Å². The van der Waals surface area contributed by atoms with Crippen molar-refractivity contribution in [2.75, 3.05) is 45.8 Å². The van der Waals surface area contributed by atoms with Crippen molar-refractivity contribution in [3.05, 3.63) is 0 Å². The molecule has 0 radical (unpaired) electrons. The Morgan fingerprint density at radius 3 is 2.44 bits per heavy atom. The lowest BCUT2D eigenvalue weighted by Gasteiger charge is -2.30. The molecule has 160 valence electrons. The first-order valence-corrected chi connectivity index (χ1v) is 10.9. The van der Waals surface area contributed by atoms with Gasteiger partial charge in [-0.2, -0.15) is 0 Å². The summed E-state index contributed by atoms with van der Waals surface area (Å²) in [5.74, 6) is 2.52. The van der Waals surface area contributed by atoms with E-state index in [1.807, 2.05) is 0 Å². The quantitative estimate of drug-likeness (QED) is 0.728. The van der Waals surface area contributed by atoms with Crippen LogP contribution >= 0.6 is 24.8 Å². The lowest BCUT2D eigenvalue weighted by atomic mass is 9.85. The van der Waals surface area contributed by atoms with Gasteiger partial charge >= 0.3 is 0 Å². The van der Waals surface area contributed by atoms with Gasteiger partial charge in [0.1, 0.15) is 0 Å². The summed E-state index contributed by atoms with van der Waals surface area (Å²) in [7, 11) is 0. The highest BCUT2D eigenvalue weighted by Gasteiger charge is 2.26. The number of halogens is 2. The maximum atomic E-state index is 12.8. The summed E-state index contributed by atoms with van der Waals surface area (Å²) in [6, 6.07) is 0. The second kappa shape index (κ2) is 13.2. The number of piperidine rings is 1. The number of rotatable bonds is 5. The highest BCUT2D eigenvalue weighted by atomic mass is 35.5. The predicted octanol–water partition coefficient (Wildman–Crippen LogP) is 3.97. The van der Waals surface area contributed by atoms with Crippen LogP contribution in [0.3, 0.4) is 0 Å². The maximum absolute atomic E-state index is 12.8. The van der Waals surface area contributed by atoms with Gasteiger partial charge in [-0.25, -0.2) is 0 Å².